The van der Waals surface area contributed by atoms with Gasteiger partial charge in [0.15, 0.2) is 0 Å². The first kappa shape index (κ1) is 13.2. The zero-order valence-electron chi connectivity index (χ0n) is 11.9. The SMILES string of the molecule is CC(C)Cc1cnc2c(c1)c(-c1cnn(C)c1)cn2S. The lowest BCUT2D eigenvalue weighted by atomic mass is 10.0. The average Bonchev–Trinajstić information content (AvgIpc) is 2.93. The summed E-state index contributed by atoms with van der Waals surface area (Å²) in [7, 11) is 1.92. The number of aromatic nitrogens is 4. The van der Waals surface area contributed by atoms with Gasteiger partial charge in [-0.25, -0.2) is 4.98 Å². The molecule has 0 N–H and O–H groups in total. The maximum absolute atomic E-state index is 4.55. The minimum Gasteiger partial charge on any atom is -0.277 e. The van der Waals surface area contributed by atoms with Crippen molar-refractivity contribution < 1.29 is 0 Å². The minimum atomic E-state index is 0.620. The van der Waals surface area contributed by atoms with E-state index in [1.54, 1.807) is 3.97 Å². The van der Waals surface area contributed by atoms with Crippen LogP contribution in [0.15, 0.2) is 30.9 Å². The van der Waals surface area contributed by atoms with Crippen LogP contribution in [0.2, 0.25) is 0 Å². The number of aryl methyl sites for hydroxylation is 1. The van der Waals surface area contributed by atoms with Crippen molar-refractivity contribution in [2.45, 2.75) is 20.3 Å². The molecular weight excluding hydrogens is 268 g/mol. The summed E-state index contributed by atoms with van der Waals surface area (Å²) in [4.78, 5) is 4.55. The summed E-state index contributed by atoms with van der Waals surface area (Å²) in [5.74, 6) is 0.620. The van der Waals surface area contributed by atoms with Crippen molar-refractivity contribution in [3.8, 4) is 11.1 Å². The number of thiol groups is 1. The Bertz CT molecular complexity index is 754. The standard InChI is InChI=1S/C15H18N4S/c1-10(2)4-11-5-13-14(12-7-17-18(3)8-12)9-19(20)15(13)16-6-11/h5-10,20H,4H2,1-3H3. The molecule has 3 aromatic heterocycles. The van der Waals surface area contributed by atoms with E-state index in [-0.39, 0.29) is 0 Å². The Kier molecular flexibility index (Phi) is 3.30. The van der Waals surface area contributed by atoms with E-state index in [9.17, 15) is 0 Å². The van der Waals surface area contributed by atoms with Crippen molar-refractivity contribution in [3.63, 3.8) is 0 Å². The van der Waals surface area contributed by atoms with Gasteiger partial charge in [-0.1, -0.05) is 26.7 Å². The predicted octanol–water partition coefficient (Wildman–Crippen LogP) is 3.33. The molecule has 3 heterocycles. The molecule has 0 amide bonds. The second kappa shape index (κ2) is 4.98. The maximum atomic E-state index is 4.55. The Morgan fingerprint density at radius 2 is 2.05 bits per heavy atom. The predicted molar refractivity (Wildman–Crippen MR) is 84.9 cm³/mol. The number of hydrogen-bond donors (Lipinski definition) is 1. The van der Waals surface area contributed by atoms with Gasteiger partial charge in [0, 0.05) is 42.2 Å². The Morgan fingerprint density at radius 1 is 1.25 bits per heavy atom. The van der Waals surface area contributed by atoms with Gasteiger partial charge >= 0.3 is 0 Å². The van der Waals surface area contributed by atoms with Gasteiger partial charge in [-0.15, -0.1) is 0 Å². The van der Waals surface area contributed by atoms with Gasteiger partial charge in [-0.05, 0) is 24.0 Å². The van der Waals surface area contributed by atoms with Crippen LogP contribution in [0.25, 0.3) is 22.2 Å². The van der Waals surface area contributed by atoms with Crippen LogP contribution in [0, 0.1) is 5.92 Å². The lowest BCUT2D eigenvalue weighted by Gasteiger charge is -2.05. The molecule has 0 aromatic carbocycles. The van der Waals surface area contributed by atoms with E-state index < -0.39 is 0 Å². The van der Waals surface area contributed by atoms with E-state index in [1.165, 1.54) is 5.56 Å². The van der Waals surface area contributed by atoms with Gasteiger partial charge in [-0.3, -0.25) is 8.65 Å². The van der Waals surface area contributed by atoms with Gasteiger partial charge in [0.2, 0.25) is 0 Å². The minimum absolute atomic E-state index is 0.620. The highest BCUT2D eigenvalue weighted by atomic mass is 32.1. The number of rotatable bonds is 3. The van der Waals surface area contributed by atoms with Crippen LogP contribution in [0.3, 0.4) is 0 Å². The molecule has 0 saturated heterocycles. The lowest BCUT2D eigenvalue weighted by molar-refractivity contribution is 0.646. The quantitative estimate of drug-likeness (QED) is 0.750. The van der Waals surface area contributed by atoms with Crippen molar-refractivity contribution in [1.29, 1.82) is 0 Å². The molecule has 0 spiro atoms. The average molecular weight is 286 g/mol. The van der Waals surface area contributed by atoms with Crippen molar-refractivity contribution in [3.05, 3.63) is 36.4 Å². The first-order valence-electron chi connectivity index (χ1n) is 6.73. The molecule has 20 heavy (non-hydrogen) atoms. The number of nitrogens with zero attached hydrogens (tertiary/aromatic N) is 4. The fourth-order valence-corrected chi connectivity index (χ4v) is 2.78. The summed E-state index contributed by atoms with van der Waals surface area (Å²) < 4.78 is 3.58. The second-order valence-electron chi connectivity index (χ2n) is 5.60. The molecule has 0 aliphatic rings. The topological polar surface area (TPSA) is 35.6 Å². The molecule has 0 aliphatic carbocycles. The van der Waals surface area contributed by atoms with Crippen molar-refractivity contribution >= 4 is 23.8 Å². The first-order valence-corrected chi connectivity index (χ1v) is 7.13. The normalized spacial score (nSPS) is 11.7. The highest BCUT2D eigenvalue weighted by Crippen LogP contribution is 2.30. The van der Waals surface area contributed by atoms with Crippen LogP contribution in [0.5, 0.6) is 0 Å². The molecule has 0 radical (unpaired) electrons. The lowest BCUT2D eigenvalue weighted by Crippen LogP contribution is -1.95. The largest absolute Gasteiger partial charge is 0.277 e. The molecule has 0 fully saturated rings. The third kappa shape index (κ3) is 2.33. The fourth-order valence-electron chi connectivity index (χ4n) is 2.51. The molecule has 0 atom stereocenters. The van der Waals surface area contributed by atoms with Gasteiger partial charge in [-0.2, -0.15) is 5.10 Å². The molecule has 3 rings (SSSR count). The van der Waals surface area contributed by atoms with Gasteiger partial charge in [0.25, 0.3) is 0 Å². The molecule has 104 valence electrons. The van der Waals surface area contributed by atoms with Crippen LogP contribution < -0.4 is 0 Å². The Hall–Kier alpha value is -1.75. The van der Waals surface area contributed by atoms with Gasteiger partial charge in [0.05, 0.1) is 6.20 Å². The van der Waals surface area contributed by atoms with Crippen LogP contribution in [0.1, 0.15) is 19.4 Å². The van der Waals surface area contributed by atoms with Crippen LogP contribution >= 0.6 is 12.8 Å². The monoisotopic (exact) mass is 286 g/mol. The van der Waals surface area contributed by atoms with Crippen LogP contribution in [-0.2, 0) is 13.5 Å². The summed E-state index contributed by atoms with van der Waals surface area (Å²) in [5, 5.41) is 5.37. The van der Waals surface area contributed by atoms with Crippen molar-refractivity contribution in [2.24, 2.45) is 13.0 Å². The Balaban J connectivity index is 2.16. The third-order valence-electron chi connectivity index (χ3n) is 3.34. The third-order valence-corrected chi connectivity index (χ3v) is 3.65. The number of fused-ring (bicyclic) bond motifs is 1. The summed E-state index contributed by atoms with van der Waals surface area (Å²) in [6.45, 7) is 4.44. The van der Waals surface area contributed by atoms with E-state index in [0.717, 1.165) is 28.6 Å². The second-order valence-corrected chi connectivity index (χ2v) is 6.03. The maximum Gasteiger partial charge on any atom is 0.150 e. The molecule has 3 aromatic rings. The molecule has 5 heteroatoms. The van der Waals surface area contributed by atoms with E-state index in [0.29, 0.717) is 5.92 Å². The van der Waals surface area contributed by atoms with Crippen molar-refractivity contribution in [2.75, 3.05) is 0 Å². The van der Waals surface area contributed by atoms with Gasteiger partial charge in [0.1, 0.15) is 5.65 Å². The van der Waals surface area contributed by atoms with Crippen LogP contribution in [0.4, 0.5) is 0 Å². The summed E-state index contributed by atoms with van der Waals surface area (Å²) in [6.07, 6.45) is 8.86. The Labute approximate surface area is 124 Å². The summed E-state index contributed by atoms with van der Waals surface area (Å²) in [5.41, 5.74) is 4.37. The van der Waals surface area contributed by atoms with Gasteiger partial charge < -0.3 is 0 Å². The number of hydrogen-bond acceptors (Lipinski definition) is 3. The first-order chi connectivity index (χ1) is 9.54. The molecule has 0 aliphatic heterocycles. The molecule has 0 saturated carbocycles. The Morgan fingerprint density at radius 3 is 2.70 bits per heavy atom. The smallest absolute Gasteiger partial charge is 0.150 e. The van der Waals surface area contributed by atoms with E-state index in [1.807, 2.05) is 36.5 Å². The molecule has 4 nitrogen and oxygen atoms in total. The number of pyridine rings is 1. The summed E-state index contributed by atoms with van der Waals surface area (Å²) in [6, 6.07) is 2.22. The highest BCUT2D eigenvalue weighted by molar-refractivity contribution is 7.78. The van der Waals surface area contributed by atoms with Crippen molar-refractivity contribution in [1.82, 2.24) is 18.7 Å². The molecule has 0 bridgehead atoms. The van der Waals surface area contributed by atoms with E-state index in [4.69, 9.17) is 0 Å². The zero-order valence-corrected chi connectivity index (χ0v) is 12.8. The molecule has 0 unspecified atom stereocenters. The fraction of sp³-hybridized carbons (Fsp3) is 0.333. The zero-order chi connectivity index (χ0) is 14.3. The van der Waals surface area contributed by atoms with E-state index >= 15 is 0 Å². The van der Waals surface area contributed by atoms with Crippen LogP contribution in [-0.4, -0.2) is 18.7 Å². The van der Waals surface area contributed by atoms with E-state index in [2.05, 4.69) is 42.8 Å². The molecular formula is C15H18N4S. The summed E-state index contributed by atoms with van der Waals surface area (Å²) >= 11 is 4.46. The highest BCUT2D eigenvalue weighted by Gasteiger charge is 2.12.